The lowest BCUT2D eigenvalue weighted by molar-refractivity contribution is 0.0203. The van der Waals surface area contributed by atoms with Crippen LogP contribution in [0.15, 0.2) is 67.0 Å². The Kier molecular flexibility index (Phi) is 10.6. The quantitative estimate of drug-likeness (QED) is 0.171. The number of aryl methyl sites for hydroxylation is 1. The smallest absolute Gasteiger partial charge is 0.0859 e. The average Bonchev–Trinajstić information content (AvgIpc) is 4.27. The maximum absolute atomic E-state index is 6.39. The summed E-state index contributed by atoms with van der Waals surface area (Å²) in [5.41, 5.74) is 16.1. The van der Waals surface area contributed by atoms with Gasteiger partial charge in [0, 0.05) is 87.6 Å². The van der Waals surface area contributed by atoms with E-state index in [4.69, 9.17) is 19.4 Å². The molecule has 0 bridgehead atoms. The van der Waals surface area contributed by atoms with E-state index in [1.807, 2.05) is 12.4 Å². The van der Waals surface area contributed by atoms with Gasteiger partial charge in [-0.3, -0.25) is 19.8 Å². The number of nitrogens with zero attached hydrogens (tertiary/aromatic N) is 6. The first-order valence-corrected chi connectivity index (χ1v) is 24.7. The van der Waals surface area contributed by atoms with E-state index in [1.54, 1.807) is 11.1 Å². The molecule has 6 heterocycles. The van der Waals surface area contributed by atoms with Crippen LogP contribution in [0.3, 0.4) is 0 Å². The van der Waals surface area contributed by atoms with Crippen molar-refractivity contribution in [2.75, 3.05) is 76.4 Å². The molecular weight excluding hydrogens is 781 g/mol. The minimum Gasteiger partial charge on any atom is -0.371 e. The summed E-state index contributed by atoms with van der Waals surface area (Å²) in [4.78, 5) is 20.6. The predicted octanol–water partition coefficient (Wildman–Crippen LogP) is 7.24. The minimum atomic E-state index is 0.0679. The topological polar surface area (TPSA) is 81.3 Å². The second kappa shape index (κ2) is 16.5. The van der Waals surface area contributed by atoms with Crippen LogP contribution in [0.25, 0.3) is 0 Å². The molecule has 12 rings (SSSR count). The fourth-order valence-electron chi connectivity index (χ4n) is 12.8. The van der Waals surface area contributed by atoms with E-state index < -0.39 is 0 Å². The molecule has 2 aromatic heterocycles. The van der Waals surface area contributed by atoms with Crippen molar-refractivity contribution in [3.05, 3.63) is 117 Å². The molecule has 63 heavy (non-hydrogen) atoms. The number of morpholine rings is 2. The molecule has 2 saturated carbocycles. The molecule has 2 aromatic carbocycles. The fourth-order valence-corrected chi connectivity index (χ4v) is 12.8. The lowest BCUT2D eigenvalue weighted by Crippen LogP contribution is -2.47. The Labute approximate surface area is 375 Å². The van der Waals surface area contributed by atoms with Gasteiger partial charge in [-0.1, -0.05) is 30.3 Å². The van der Waals surface area contributed by atoms with Gasteiger partial charge in [0.1, 0.15) is 0 Å². The molecule has 10 heteroatoms. The molecule has 2 N–H and O–H groups in total. The molecule has 8 aliphatic rings. The monoisotopic (exact) mass is 849 g/mol. The summed E-state index contributed by atoms with van der Waals surface area (Å²) in [6.45, 7) is 9.61. The van der Waals surface area contributed by atoms with E-state index in [1.165, 1.54) is 89.1 Å². The highest BCUT2D eigenvalue weighted by Crippen LogP contribution is 2.48. The van der Waals surface area contributed by atoms with Crippen LogP contribution in [-0.2, 0) is 41.8 Å². The lowest BCUT2D eigenvalue weighted by Gasteiger charge is -2.41. The van der Waals surface area contributed by atoms with Crippen molar-refractivity contribution in [1.82, 2.24) is 30.4 Å². The third kappa shape index (κ3) is 7.90. The van der Waals surface area contributed by atoms with Gasteiger partial charge in [-0.2, -0.15) is 0 Å². The molecule has 0 radical (unpaired) electrons. The number of likely N-dealkylation sites (N-methyl/N-ethyl adjacent to an activating group) is 1. The SMILES string of the molecule is CN(CC[C@H]1Cc2c(cc(C3CC[C@H](N(C)C[C@@H]4Cc5c(cccc5N5CCOC6(CC6)C5)CN4)c4ncccc43)cc2N2CCOC3(CC3)C2)CN1)[C@H]1CCCc2cccnc21. The summed E-state index contributed by atoms with van der Waals surface area (Å²) in [5.74, 6) is 0.335. The molecule has 4 fully saturated rings. The molecular formula is C53H68N8O2. The van der Waals surface area contributed by atoms with Gasteiger partial charge in [-0.15, -0.1) is 0 Å². The van der Waals surface area contributed by atoms with Crippen LogP contribution in [0, 0.1) is 0 Å². The molecule has 4 aromatic rings. The van der Waals surface area contributed by atoms with Gasteiger partial charge < -0.3 is 29.9 Å². The Hall–Kier alpha value is -3.90. The standard InChI is InChI=1S/C53H68N8O2/c1-58(47-12-3-7-36-9-5-20-54-50(36)47)22-15-40-29-45-39(32-56-40)27-38(28-49(45)61-24-26-63-53(35-61)18-19-53)42-13-14-48(51-43(42)10-6-21-55-51)59(2)33-41-30-44-37(31-57-41)8-4-11-46(44)60-23-25-62-52(34-60)16-17-52/h4-6,8-11,20-21,27-28,40-42,47-48,56-57H,3,7,12-19,22-26,29-35H2,1-2H3/t40-,41-,42?,47-,48-/m0/s1. The predicted molar refractivity (Wildman–Crippen MR) is 250 cm³/mol. The first kappa shape index (κ1) is 40.6. The van der Waals surface area contributed by atoms with Crippen molar-refractivity contribution in [3.8, 4) is 0 Å². The maximum atomic E-state index is 6.39. The van der Waals surface area contributed by atoms with Crippen LogP contribution in [0.5, 0.6) is 0 Å². The van der Waals surface area contributed by atoms with E-state index >= 15 is 0 Å². The van der Waals surface area contributed by atoms with E-state index in [9.17, 15) is 0 Å². The van der Waals surface area contributed by atoms with E-state index in [0.29, 0.717) is 30.1 Å². The summed E-state index contributed by atoms with van der Waals surface area (Å²) >= 11 is 0. The highest BCUT2D eigenvalue weighted by Gasteiger charge is 2.49. The van der Waals surface area contributed by atoms with Gasteiger partial charge in [0.25, 0.3) is 0 Å². The molecule has 5 atom stereocenters. The number of nitrogens with one attached hydrogen (secondary N) is 2. The number of hydrogen-bond acceptors (Lipinski definition) is 10. The van der Waals surface area contributed by atoms with Crippen molar-refractivity contribution in [2.45, 2.75) is 131 Å². The van der Waals surface area contributed by atoms with Crippen molar-refractivity contribution in [2.24, 2.45) is 0 Å². The van der Waals surface area contributed by atoms with Crippen LogP contribution in [0.2, 0.25) is 0 Å². The van der Waals surface area contributed by atoms with E-state index in [-0.39, 0.29) is 11.2 Å². The van der Waals surface area contributed by atoms with Gasteiger partial charge in [-0.05, 0) is 161 Å². The Morgan fingerprint density at radius 1 is 0.698 bits per heavy atom. The molecule has 0 amide bonds. The molecule has 2 spiro atoms. The summed E-state index contributed by atoms with van der Waals surface area (Å²) < 4.78 is 12.6. The number of fused-ring (bicyclic) bond motifs is 4. The minimum absolute atomic E-state index is 0.0679. The number of aromatic nitrogens is 2. The maximum Gasteiger partial charge on any atom is 0.0859 e. The van der Waals surface area contributed by atoms with Gasteiger partial charge >= 0.3 is 0 Å². The number of benzene rings is 2. The third-order valence-electron chi connectivity index (χ3n) is 16.7. The number of rotatable bonds is 10. The summed E-state index contributed by atoms with van der Waals surface area (Å²) in [6, 6.07) is 22.7. The molecule has 2 saturated heterocycles. The van der Waals surface area contributed by atoms with Crippen LogP contribution >= 0.6 is 0 Å². The number of hydrogen-bond donors (Lipinski definition) is 2. The number of ether oxygens (including phenoxy) is 2. The highest BCUT2D eigenvalue weighted by molar-refractivity contribution is 5.63. The van der Waals surface area contributed by atoms with Crippen molar-refractivity contribution in [3.63, 3.8) is 0 Å². The third-order valence-corrected chi connectivity index (χ3v) is 16.7. The van der Waals surface area contributed by atoms with Crippen LogP contribution < -0.4 is 20.4 Å². The van der Waals surface area contributed by atoms with Gasteiger partial charge in [0.2, 0.25) is 0 Å². The van der Waals surface area contributed by atoms with Crippen LogP contribution in [0.1, 0.15) is 126 Å². The summed E-state index contributed by atoms with van der Waals surface area (Å²) in [5, 5.41) is 7.98. The molecule has 4 aliphatic heterocycles. The van der Waals surface area contributed by atoms with Crippen molar-refractivity contribution < 1.29 is 9.47 Å². The molecule has 10 nitrogen and oxygen atoms in total. The summed E-state index contributed by atoms with van der Waals surface area (Å²) in [7, 11) is 4.67. The van der Waals surface area contributed by atoms with E-state index in [2.05, 4.69) is 98.9 Å². The number of anilines is 2. The second-order valence-electron chi connectivity index (χ2n) is 20.9. The summed E-state index contributed by atoms with van der Waals surface area (Å²) in [6.07, 6.45) is 17.9. The highest BCUT2D eigenvalue weighted by atomic mass is 16.5. The Bertz CT molecular complexity index is 2330. The zero-order valence-electron chi connectivity index (χ0n) is 37.8. The number of pyridine rings is 2. The largest absolute Gasteiger partial charge is 0.371 e. The molecule has 1 unspecified atom stereocenters. The Balaban J connectivity index is 0.771. The zero-order valence-corrected chi connectivity index (χ0v) is 37.8. The zero-order chi connectivity index (χ0) is 42.1. The first-order chi connectivity index (χ1) is 30.9. The average molecular weight is 849 g/mol. The van der Waals surface area contributed by atoms with Crippen LogP contribution in [0.4, 0.5) is 11.4 Å². The first-order valence-electron chi connectivity index (χ1n) is 24.7. The Morgan fingerprint density at radius 3 is 2.19 bits per heavy atom. The van der Waals surface area contributed by atoms with Gasteiger partial charge in [0.15, 0.2) is 0 Å². The van der Waals surface area contributed by atoms with Gasteiger partial charge in [0.05, 0.1) is 47.9 Å². The van der Waals surface area contributed by atoms with Crippen LogP contribution in [-0.4, -0.2) is 110 Å². The lowest BCUT2D eigenvalue weighted by atomic mass is 9.77. The molecule has 332 valence electrons. The van der Waals surface area contributed by atoms with E-state index in [0.717, 1.165) is 104 Å². The second-order valence-corrected chi connectivity index (χ2v) is 20.9. The van der Waals surface area contributed by atoms with Crippen molar-refractivity contribution in [1.29, 1.82) is 0 Å². The van der Waals surface area contributed by atoms with Gasteiger partial charge in [-0.25, -0.2) is 0 Å². The fraction of sp³-hybridized carbons (Fsp3) is 0.585. The molecule has 4 aliphatic carbocycles. The Morgan fingerprint density at radius 2 is 1.38 bits per heavy atom. The normalized spacial score (nSPS) is 27.8. The van der Waals surface area contributed by atoms with Crippen molar-refractivity contribution >= 4 is 11.4 Å².